The van der Waals surface area contributed by atoms with Gasteiger partial charge in [0.25, 0.3) is 0 Å². The van der Waals surface area contributed by atoms with E-state index in [1.807, 2.05) is 0 Å². The summed E-state index contributed by atoms with van der Waals surface area (Å²) in [4.78, 5) is 0. The molecule has 0 aromatic carbocycles. The fourth-order valence-electron chi connectivity index (χ4n) is 2.43. The average Bonchev–Trinajstić information content (AvgIpc) is 1.97. The van der Waals surface area contributed by atoms with Gasteiger partial charge in [0, 0.05) is 0 Å². The van der Waals surface area contributed by atoms with Crippen LogP contribution in [0.1, 0.15) is 12.8 Å². The molecule has 0 radical (unpaired) electrons. The van der Waals surface area contributed by atoms with E-state index in [1.165, 1.54) is 20.7 Å². The molecule has 0 aliphatic carbocycles. The van der Waals surface area contributed by atoms with Crippen LogP contribution in [0.3, 0.4) is 0 Å². The van der Waals surface area contributed by atoms with Crippen LogP contribution in [0, 0.1) is 0 Å². The Bertz CT molecular complexity index is 209. The quantitative estimate of drug-likeness (QED) is 0.478. The topological polar surface area (TPSA) is 18.5 Å². The molecule has 0 N–H and O–H groups in total. The maximum absolute atomic E-state index is 6.43. The summed E-state index contributed by atoms with van der Waals surface area (Å²) in [5.41, 5.74) is 0. The Labute approximate surface area is 115 Å². The van der Waals surface area contributed by atoms with Crippen molar-refractivity contribution >= 4 is 16.6 Å². The van der Waals surface area contributed by atoms with Gasteiger partial charge in [-0.25, -0.2) is 0 Å². The van der Waals surface area contributed by atoms with Crippen LogP contribution in [-0.4, -0.2) is 22.4 Å². The molecule has 5 heteroatoms. The van der Waals surface area contributed by atoms with Crippen molar-refractivity contribution in [1.82, 2.24) is 0 Å². The molecule has 2 nitrogen and oxygen atoms in total. The Hall–Kier alpha value is 1.29. The first-order valence-electron chi connectivity index (χ1n) is 6.52. The van der Waals surface area contributed by atoms with E-state index in [1.54, 1.807) is 0 Å². The van der Waals surface area contributed by atoms with E-state index >= 15 is 0 Å². The maximum atomic E-state index is 6.43. The van der Waals surface area contributed by atoms with Gasteiger partial charge in [-0.15, -0.1) is 0 Å². The predicted octanol–water partition coefficient (Wildman–Crippen LogP) is 4.10. The predicted molar refractivity (Wildman–Crippen MR) is 70.4 cm³/mol. The monoisotopic (exact) mass is 448 g/mol. The zero-order valence-corrected chi connectivity index (χ0v) is 19.3. The minimum absolute atomic E-state index is 0.173. The molecule has 1 heterocycles. The second-order valence-corrected chi connectivity index (χ2v) is 24.0. The standard InChI is InChI=1S/C11H26O2Si2.Hg/c1-9-11(10-2,12-14(3,4)5)13-15(6,7)8;/h1-2,9-10H2,3-8H3;. The molecule has 0 atom stereocenters. The van der Waals surface area contributed by atoms with E-state index in [0.717, 1.165) is 0 Å². The third-order valence-corrected chi connectivity index (χ3v) is 11.2. The number of hydrogen-bond donors (Lipinski definition) is 0. The van der Waals surface area contributed by atoms with Crippen molar-refractivity contribution in [2.24, 2.45) is 0 Å². The molecule has 0 aromatic heterocycles. The molecule has 0 spiro atoms. The van der Waals surface area contributed by atoms with Crippen molar-refractivity contribution in [2.45, 2.75) is 65.8 Å². The molecule has 1 fully saturated rings. The van der Waals surface area contributed by atoms with Gasteiger partial charge in [0.15, 0.2) is 0 Å². The molecule has 1 rings (SSSR count). The van der Waals surface area contributed by atoms with Gasteiger partial charge in [-0.3, -0.25) is 0 Å². The van der Waals surface area contributed by atoms with Crippen LogP contribution in [0.4, 0.5) is 0 Å². The van der Waals surface area contributed by atoms with Gasteiger partial charge in [0.2, 0.25) is 0 Å². The van der Waals surface area contributed by atoms with Crippen LogP contribution in [0.15, 0.2) is 0 Å². The third-order valence-electron chi connectivity index (χ3n) is 2.60. The van der Waals surface area contributed by atoms with Gasteiger partial charge >= 0.3 is 116 Å². The Morgan fingerprint density at radius 1 is 0.812 bits per heavy atom. The Morgan fingerprint density at radius 2 is 1.19 bits per heavy atom. The third kappa shape index (κ3) is 5.76. The van der Waals surface area contributed by atoms with Crippen LogP contribution in [0.2, 0.25) is 47.1 Å². The van der Waals surface area contributed by atoms with Crippen molar-refractivity contribution in [3.05, 3.63) is 0 Å². The van der Waals surface area contributed by atoms with Crippen LogP contribution < -0.4 is 0 Å². The van der Waals surface area contributed by atoms with Crippen molar-refractivity contribution in [3.63, 3.8) is 0 Å². The summed E-state index contributed by atoms with van der Waals surface area (Å²) < 4.78 is 15.8. The summed E-state index contributed by atoms with van der Waals surface area (Å²) in [6.45, 7) is 13.7. The normalized spacial score (nSPS) is 21.1. The molecule has 0 bridgehead atoms. The molecule has 1 aliphatic heterocycles. The van der Waals surface area contributed by atoms with Crippen molar-refractivity contribution in [2.75, 3.05) is 0 Å². The zero-order chi connectivity index (χ0) is 12.4. The van der Waals surface area contributed by atoms with Gasteiger partial charge < -0.3 is 0 Å². The summed E-state index contributed by atoms with van der Waals surface area (Å²) >= 11 is -0.477. The van der Waals surface area contributed by atoms with Crippen molar-refractivity contribution in [1.29, 1.82) is 0 Å². The number of rotatable bonds is 4. The van der Waals surface area contributed by atoms with E-state index in [-0.39, 0.29) is 5.79 Å². The summed E-state index contributed by atoms with van der Waals surface area (Å²) in [7, 11) is -2.99. The first kappa shape index (κ1) is 15.3. The molecule has 0 amide bonds. The van der Waals surface area contributed by atoms with Gasteiger partial charge in [-0.1, -0.05) is 0 Å². The van der Waals surface area contributed by atoms with Gasteiger partial charge in [0.05, 0.1) is 0 Å². The molecule has 1 saturated heterocycles. The van der Waals surface area contributed by atoms with Crippen LogP contribution >= 0.6 is 0 Å². The fraction of sp³-hybridized carbons (Fsp3) is 1.00. The van der Waals surface area contributed by atoms with Crippen LogP contribution in [0.25, 0.3) is 0 Å². The van der Waals surface area contributed by atoms with Crippen molar-refractivity contribution < 1.29 is 33.4 Å². The van der Waals surface area contributed by atoms with Gasteiger partial charge in [-0.05, 0) is 0 Å². The average molecular weight is 447 g/mol. The Balaban J connectivity index is 2.75. The molecule has 0 aromatic rings. The second kappa shape index (κ2) is 5.51. The fourth-order valence-corrected chi connectivity index (χ4v) is 12.7. The summed E-state index contributed by atoms with van der Waals surface area (Å²) in [6.07, 6.45) is 2.40. The van der Waals surface area contributed by atoms with Gasteiger partial charge in [-0.2, -0.15) is 0 Å². The van der Waals surface area contributed by atoms with E-state index < -0.39 is 41.2 Å². The minimum atomic E-state index is -1.49. The first-order valence-corrected chi connectivity index (χ1v) is 21.1. The van der Waals surface area contributed by atoms with E-state index in [0.29, 0.717) is 0 Å². The van der Waals surface area contributed by atoms with E-state index in [2.05, 4.69) is 39.3 Å². The molecule has 92 valence electrons. The van der Waals surface area contributed by atoms with Gasteiger partial charge in [0.1, 0.15) is 0 Å². The van der Waals surface area contributed by atoms with E-state index in [4.69, 9.17) is 8.85 Å². The van der Waals surface area contributed by atoms with Crippen LogP contribution in [-0.2, 0) is 33.4 Å². The molecular weight excluding hydrogens is 421 g/mol. The molecule has 0 unspecified atom stereocenters. The molecule has 1 aliphatic rings. The summed E-state index contributed by atoms with van der Waals surface area (Å²) in [5, 5.41) is 0. The molecule has 16 heavy (non-hydrogen) atoms. The second-order valence-electron chi connectivity index (χ2n) is 6.90. The molecule has 0 saturated carbocycles. The summed E-state index contributed by atoms with van der Waals surface area (Å²) in [6, 6.07) is 0. The number of hydrogen-bond acceptors (Lipinski definition) is 2. The Morgan fingerprint density at radius 3 is 1.50 bits per heavy atom. The Kier molecular flexibility index (Phi) is 5.28. The van der Waals surface area contributed by atoms with E-state index in [9.17, 15) is 0 Å². The SMILES string of the molecule is C[Si](C)(C)OC1(O[Si](C)(C)C)C[CH2][Hg][CH2]C1. The van der Waals surface area contributed by atoms with Crippen molar-refractivity contribution in [3.8, 4) is 0 Å². The molecular formula is C11H26HgO2Si2. The zero-order valence-electron chi connectivity index (χ0n) is 11.9. The summed E-state index contributed by atoms with van der Waals surface area (Å²) in [5.74, 6) is -0.173. The first-order chi connectivity index (χ1) is 7.12. The van der Waals surface area contributed by atoms with Crippen LogP contribution in [0.5, 0.6) is 0 Å².